The number of pyridine rings is 1. The summed E-state index contributed by atoms with van der Waals surface area (Å²) in [6.45, 7) is 5.11. The molecule has 0 unspecified atom stereocenters. The van der Waals surface area contributed by atoms with E-state index in [0.29, 0.717) is 24.5 Å². The fourth-order valence-corrected chi connectivity index (χ4v) is 1.87. The third-order valence-electron chi connectivity index (χ3n) is 3.21. The van der Waals surface area contributed by atoms with Crippen LogP contribution in [0.3, 0.4) is 0 Å². The van der Waals surface area contributed by atoms with E-state index in [-0.39, 0.29) is 5.92 Å². The molecule has 0 spiro atoms. The number of hydrogen-bond acceptors (Lipinski definition) is 4. The summed E-state index contributed by atoms with van der Waals surface area (Å²) in [6, 6.07) is 5.61. The number of nitrogens with zero attached hydrogens (tertiary/aromatic N) is 3. The van der Waals surface area contributed by atoms with Gasteiger partial charge >= 0.3 is 0 Å². The monoisotopic (exact) mass is 217 g/mol. The van der Waals surface area contributed by atoms with Crippen molar-refractivity contribution >= 4 is 5.82 Å². The van der Waals surface area contributed by atoms with E-state index < -0.39 is 5.60 Å². The summed E-state index contributed by atoms with van der Waals surface area (Å²) in [6.07, 6.45) is 1.67. The first-order valence-corrected chi connectivity index (χ1v) is 5.39. The zero-order chi connectivity index (χ0) is 11.8. The molecular weight excluding hydrogens is 202 g/mol. The van der Waals surface area contributed by atoms with Gasteiger partial charge in [-0.1, -0.05) is 13.8 Å². The molecule has 84 valence electrons. The maximum absolute atomic E-state index is 10.1. The highest BCUT2D eigenvalue weighted by molar-refractivity contribution is 5.56. The van der Waals surface area contributed by atoms with Gasteiger partial charge in [0.2, 0.25) is 0 Å². The highest BCUT2D eigenvalue weighted by Crippen LogP contribution is 2.32. The molecule has 0 atom stereocenters. The first kappa shape index (κ1) is 10.9. The molecule has 2 heterocycles. The highest BCUT2D eigenvalue weighted by atomic mass is 16.3. The van der Waals surface area contributed by atoms with E-state index in [9.17, 15) is 5.11 Å². The van der Waals surface area contributed by atoms with Gasteiger partial charge in [-0.25, -0.2) is 4.98 Å². The molecule has 0 aromatic carbocycles. The van der Waals surface area contributed by atoms with E-state index >= 15 is 0 Å². The van der Waals surface area contributed by atoms with Crippen molar-refractivity contribution in [1.82, 2.24) is 4.98 Å². The predicted octanol–water partition coefficient (Wildman–Crippen LogP) is 1.16. The number of nitriles is 1. The fraction of sp³-hybridized carbons (Fsp3) is 0.500. The second kappa shape index (κ2) is 3.76. The van der Waals surface area contributed by atoms with Crippen LogP contribution in [0.5, 0.6) is 0 Å². The number of aliphatic hydroxyl groups is 1. The molecule has 1 N–H and O–H groups in total. The number of anilines is 1. The highest BCUT2D eigenvalue weighted by Gasteiger charge is 2.44. The number of aromatic nitrogens is 1. The van der Waals surface area contributed by atoms with Crippen molar-refractivity contribution in [3.8, 4) is 6.07 Å². The molecule has 4 heteroatoms. The SMILES string of the molecule is CC(C)C1(O)CN(c2ncccc2C#N)C1. The van der Waals surface area contributed by atoms with Gasteiger partial charge in [0.05, 0.1) is 18.7 Å². The normalized spacial score (nSPS) is 18.1. The van der Waals surface area contributed by atoms with Gasteiger partial charge in [-0.15, -0.1) is 0 Å². The third-order valence-corrected chi connectivity index (χ3v) is 3.21. The summed E-state index contributed by atoms with van der Waals surface area (Å²) in [5, 5.41) is 19.1. The van der Waals surface area contributed by atoms with E-state index in [4.69, 9.17) is 5.26 Å². The maximum Gasteiger partial charge on any atom is 0.146 e. The lowest BCUT2D eigenvalue weighted by Gasteiger charge is -2.49. The Hall–Kier alpha value is -1.60. The molecule has 1 aliphatic rings. The summed E-state index contributed by atoms with van der Waals surface area (Å²) in [5.74, 6) is 0.897. The molecule has 16 heavy (non-hydrogen) atoms. The van der Waals surface area contributed by atoms with Crippen molar-refractivity contribution in [1.29, 1.82) is 5.26 Å². The Labute approximate surface area is 95.1 Å². The van der Waals surface area contributed by atoms with Gasteiger partial charge in [0, 0.05) is 6.20 Å². The van der Waals surface area contributed by atoms with Crippen LogP contribution in [0.15, 0.2) is 18.3 Å². The molecule has 2 rings (SSSR count). The Morgan fingerprint density at radius 1 is 1.56 bits per heavy atom. The molecule has 1 aromatic rings. The summed E-state index contributed by atoms with van der Waals surface area (Å²) in [4.78, 5) is 6.13. The molecular formula is C12H15N3O. The number of β-amino-alcohol motifs (C(OH)–C–C–N with tert-alkyl or cyclic N) is 1. The zero-order valence-corrected chi connectivity index (χ0v) is 9.51. The molecule has 1 aromatic heterocycles. The van der Waals surface area contributed by atoms with Crippen LogP contribution in [0.1, 0.15) is 19.4 Å². The average molecular weight is 217 g/mol. The van der Waals surface area contributed by atoms with E-state index in [2.05, 4.69) is 11.1 Å². The van der Waals surface area contributed by atoms with Gasteiger partial charge in [-0.05, 0) is 18.1 Å². The van der Waals surface area contributed by atoms with Crippen LogP contribution in [-0.2, 0) is 0 Å². The molecule has 1 fully saturated rings. The van der Waals surface area contributed by atoms with Gasteiger partial charge in [0.15, 0.2) is 0 Å². The number of hydrogen-bond donors (Lipinski definition) is 1. The second-order valence-corrected chi connectivity index (χ2v) is 4.60. The summed E-state index contributed by atoms with van der Waals surface area (Å²) >= 11 is 0. The molecule has 1 aliphatic heterocycles. The Kier molecular flexibility index (Phi) is 2.56. The Morgan fingerprint density at radius 2 is 2.25 bits per heavy atom. The van der Waals surface area contributed by atoms with Crippen LogP contribution in [-0.4, -0.2) is 28.8 Å². The first-order chi connectivity index (χ1) is 7.57. The minimum absolute atomic E-state index is 0.220. The molecule has 4 nitrogen and oxygen atoms in total. The van der Waals surface area contributed by atoms with E-state index in [1.54, 1.807) is 18.3 Å². The van der Waals surface area contributed by atoms with Crippen LogP contribution < -0.4 is 4.90 Å². The average Bonchev–Trinajstić information content (AvgIpc) is 2.24. The molecule has 1 saturated heterocycles. The standard InChI is InChI=1S/C12H15N3O/c1-9(2)12(16)7-15(8-12)11-10(6-13)4-3-5-14-11/h3-5,9,16H,7-8H2,1-2H3. The predicted molar refractivity (Wildman–Crippen MR) is 61.0 cm³/mol. The molecule has 0 amide bonds. The largest absolute Gasteiger partial charge is 0.386 e. The van der Waals surface area contributed by atoms with Gasteiger partial charge in [0.25, 0.3) is 0 Å². The van der Waals surface area contributed by atoms with E-state index in [1.165, 1.54) is 0 Å². The second-order valence-electron chi connectivity index (χ2n) is 4.60. The fourth-order valence-electron chi connectivity index (χ4n) is 1.87. The van der Waals surface area contributed by atoms with Crippen LogP contribution in [0.2, 0.25) is 0 Å². The Morgan fingerprint density at radius 3 is 2.81 bits per heavy atom. The molecule has 0 saturated carbocycles. The summed E-state index contributed by atoms with van der Waals surface area (Å²) in [7, 11) is 0. The van der Waals surface area contributed by atoms with E-state index in [1.807, 2.05) is 18.7 Å². The lowest BCUT2D eigenvalue weighted by atomic mass is 9.83. The van der Waals surface area contributed by atoms with Crippen molar-refractivity contribution in [2.24, 2.45) is 5.92 Å². The molecule has 0 radical (unpaired) electrons. The van der Waals surface area contributed by atoms with Gasteiger partial charge in [-0.3, -0.25) is 0 Å². The lowest BCUT2D eigenvalue weighted by molar-refractivity contribution is -0.0304. The van der Waals surface area contributed by atoms with Gasteiger partial charge in [0.1, 0.15) is 17.5 Å². The zero-order valence-electron chi connectivity index (χ0n) is 9.51. The minimum Gasteiger partial charge on any atom is -0.386 e. The third kappa shape index (κ3) is 1.63. The topological polar surface area (TPSA) is 60.1 Å². The van der Waals surface area contributed by atoms with Crippen molar-refractivity contribution in [3.05, 3.63) is 23.9 Å². The van der Waals surface area contributed by atoms with Crippen molar-refractivity contribution in [2.45, 2.75) is 19.4 Å². The van der Waals surface area contributed by atoms with Crippen LogP contribution >= 0.6 is 0 Å². The minimum atomic E-state index is -0.635. The Balaban J connectivity index is 2.16. The first-order valence-electron chi connectivity index (χ1n) is 5.39. The van der Waals surface area contributed by atoms with Gasteiger partial charge in [-0.2, -0.15) is 5.26 Å². The lowest BCUT2D eigenvalue weighted by Crippen LogP contribution is -2.65. The molecule has 0 bridgehead atoms. The van der Waals surface area contributed by atoms with Crippen LogP contribution in [0.4, 0.5) is 5.82 Å². The van der Waals surface area contributed by atoms with Crippen molar-refractivity contribution in [2.75, 3.05) is 18.0 Å². The summed E-state index contributed by atoms with van der Waals surface area (Å²) in [5.41, 5.74) is -0.0714. The van der Waals surface area contributed by atoms with Crippen molar-refractivity contribution in [3.63, 3.8) is 0 Å². The van der Waals surface area contributed by atoms with Crippen molar-refractivity contribution < 1.29 is 5.11 Å². The van der Waals surface area contributed by atoms with E-state index in [0.717, 1.165) is 0 Å². The summed E-state index contributed by atoms with van der Waals surface area (Å²) < 4.78 is 0. The van der Waals surface area contributed by atoms with Crippen LogP contribution in [0.25, 0.3) is 0 Å². The molecule has 0 aliphatic carbocycles. The van der Waals surface area contributed by atoms with Crippen LogP contribution in [0, 0.1) is 17.2 Å². The van der Waals surface area contributed by atoms with Gasteiger partial charge < -0.3 is 10.0 Å². The Bertz CT molecular complexity index is 430. The maximum atomic E-state index is 10.1. The number of rotatable bonds is 2. The smallest absolute Gasteiger partial charge is 0.146 e. The quantitative estimate of drug-likeness (QED) is 0.807.